The van der Waals surface area contributed by atoms with Crippen LogP contribution in [0.15, 0.2) is 24.4 Å². The van der Waals surface area contributed by atoms with Crippen LogP contribution in [0.4, 0.5) is 5.69 Å². The Morgan fingerprint density at radius 2 is 2.11 bits per heavy atom. The first-order chi connectivity index (χ1) is 8.50. The number of hydrogen-bond donors (Lipinski definition) is 0. The molecule has 0 aliphatic heterocycles. The van der Waals surface area contributed by atoms with Gasteiger partial charge >= 0.3 is 0 Å². The molecule has 18 heavy (non-hydrogen) atoms. The molecule has 0 N–H and O–H groups in total. The van der Waals surface area contributed by atoms with Gasteiger partial charge in [-0.1, -0.05) is 6.07 Å². The molecule has 94 valence electrons. The van der Waals surface area contributed by atoms with Crippen LogP contribution in [0.1, 0.15) is 12.8 Å². The molecule has 8 heteroatoms. The van der Waals surface area contributed by atoms with Crippen LogP contribution in [0.3, 0.4) is 0 Å². The lowest BCUT2D eigenvalue weighted by molar-refractivity contribution is -0.383. The van der Waals surface area contributed by atoms with Crippen molar-refractivity contribution in [2.75, 3.05) is 0 Å². The van der Waals surface area contributed by atoms with Crippen molar-refractivity contribution in [1.82, 2.24) is 9.19 Å². The SMILES string of the molecule is O=[N+]([O-])c1cccc2nn(S(=O)(=O)C3CC3)cc12. The zero-order chi connectivity index (χ0) is 12.9. The smallest absolute Gasteiger partial charge is 0.258 e. The molecule has 7 nitrogen and oxygen atoms in total. The van der Waals surface area contributed by atoms with Crippen LogP contribution in [-0.2, 0) is 10.0 Å². The highest BCUT2D eigenvalue weighted by Crippen LogP contribution is 2.31. The van der Waals surface area contributed by atoms with Gasteiger partial charge in [0.15, 0.2) is 0 Å². The van der Waals surface area contributed by atoms with E-state index in [1.807, 2.05) is 0 Å². The van der Waals surface area contributed by atoms with E-state index < -0.39 is 20.2 Å². The normalized spacial score (nSPS) is 16.0. The van der Waals surface area contributed by atoms with Gasteiger partial charge in [0.25, 0.3) is 15.7 Å². The second kappa shape index (κ2) is 3.52. The third-order valence-corrected chi connectivity index (χ3v) is 4.93. The number of nitro groups is 1. The predicted molar refractivity (Wildman–Crippen MR) is 63.7 cm³/mol. The number of non-ortho nitro benzene ring substituents is 1. The molecule has 0 spiro atoms. The van der Waals surface area contributed by atoms with Crippen LogP contribution in [0.5, 0.6) is 0 Å². The summed E-state index contributed by atoms with van der Waals surface area (Å²) in [6, 6.07) is 4.38. The molecule has 1 saturated carbocycles. The van der Waals surface area contributed by atoms with Crippen LogP contribution in [0.2, 0.25) is 0 Å². The number of fused-ring (bicyclic) bond motifs is 1. The number of nitrogens with zero attached hydrogens (tertiary/aromatic N) is 3. The maximum atomic E-state index is 12.0. The van der Waals surface area contributed by atoms with E-state index in [1.165, 1.54) is 18.3 Å². The molecule has 1 fully saturated rings. The minimum Gasteiger partial charge on any atom is -0.258 e. The summed E-state index contributed by atoms with van der Waals surface area (Å²) in [5.74, 6) is 0. The molecule has 1 aromatic carbocycles. The van der Waals surface area contributed by atoms with Gasteiger partial charge in [-0.05, 0) is 18.9 Å². The number of benzene rings is 1. The first-order valence-electron chi connectivity index (χ1n) is 5.37. The van der Waals surface area contributed by atoms with Gasteiger partial charge in [0.2, 0.25) is 0 Å². The van der Waals surface area contributed by atoms with Crippen LogP contribution >= 0.6 is 0 Å². The van der Waals surface area contributed by atoms with E-state index >= 15 is 0 Å². The van der Waals surface area contributed by atoms with Gasteiger partial charge < -0.3 is 0 Å². The molecule has 1 aliphatic rings. The van der Waals surface area contributed by atoms with Crippen LogP contribution in [0.25, 0.3) is 10.9 Å². The Morgan fingerprint density at radius 1 is 1.39 bits per heavy atom. The van der Waals surface area contributed by atoms with E-state index in [4.69, 9.17) is 0 Å². The summed E-state index contributed by atoms with van der Waals surface area (Å²) in [5, 5.41) is 14.6. The number of rotatable bonds is 3. The third kappa shape index (κ3) is 1.57. The number of nitro benzene ring substituents is 1. The quantitative estimate of drug-likeness (QED) is 0.616. The molecule has 0 bridgehead atoms. The van der Waals surface area contributed by atoms with Gasteiger partial charge in [0, 0.05) is 6.07 Å². The average molecular weight is 267 g/mol. The van der Waals surface area contributed by atoms with Crippen molar-refractivity contribution >= 4 is 26.6 Å². The zero-order valence-electron chi connectivity index (χ0n) is 9.18. The second-order valence-corrected chi connectivity index (χ2v) is 6.28. The van der Waals surface area contributed by atoms with Gasteiger partial charge in [-0.3, -0.25) is 10.1 Å². The zero-order valence-corrected chi connectivity index (χ0v) is 10.0. The van der Waals surface area contributed by atoms with E-state index in [1.54, 1.807) is 6.07 Å². The van der Waals surface area contributed by atoms with Gasteiger partial charge in [0.1, 0.15) is 5.52 Å². The molecule has 0 amide bonds. The largest absolute Gasteiger partial charge is 0.280 e. The van der Waals surface area contributed by atoms with E-state index in [2.05, 4.69) is 5.10 Å². The Morgan fingerprint density at radius 3 is 2.72 bits per heavy atom. The lowest BCUT2D eigenvalue weighted by Crippen LogP contribution is -2.17. The average Bonchev–Trinajstić information content (AvgIpc) is 3.07. The van der Waals surface area contributed by atoms with Crippen molar-refractivity contribution in [2.24, 2.45) is 0 Å². The molecule has 0 radical (unpaired) electrons. The Balaban J connectivity index is 2.23. The summed E-state index contributed by atoms with van der Waals surface area (Å²) < 4.78 is 24.8. The minimum absolute atomic E-state index is 0.134. The standard InChI is InChI=1S/C10H9N3O4S/c14-13(15)10-3-1-2-9-8(10)6-12(11-9)18(16,17)7-4-5-7/h1-3,6-7H,4-5H2. The Bertz CT molecular complexity index is 746. The summed E-state index contributed by atoms with van der Waals surface area (Å²) in [6.45, 7) is 0. The first kappa shape index (κ1) is 11.1. The van der Waals surface area contributed by atoms with Crippen molar-refractivity contribution < 1.29 is 13.3 Å². The van der Waals surface area contributed by atoms with Crippen LogP contribution in [0, 0.1) is 10.1 Å². The molecule has 1 aliphatic carbocycles. The maximum Gasteiger partial charge on any atom is 0.280 e. The Kier molecular flexibility index (Phi) is 2.18. The second-order valence-electron chi connectivity index (χ2n) is 4.21. The van der Waals surface area contributed by atoms with E-state index in [0.717, 1.165) is 4.09 Å². The first-order valence-corrected chi connectivity index (χ1v) is 6.87. The number of aromatic nitrogens is 2. The molecule has 1 aromatic heterocycles. The highest BCUT2D eigenvalue weighted by Gasteiger charge is 2.38. The van der Waals surface area contributed by atoms with Crippen LogP contribution < -0.4 is 0 Å². The van der Waals surface area contributed by atoms with E-state index in [9.17, 15) is 18.5 Å². The highest BCUT2D eigenvalue weighted by atomic mass is 32.2. The third-order valence-electron chi connectivity index (χ3n) is 2.91. The van der Waals surface area contributed by atoms with E-state index in [-0.39, 0.29) is 11.1 Å². The van der Waals surface area contributed by atoms with Gasteiger partial charge in [0.05, 0.1) is 21.8 Å². The molecule has 0 saturated heterocycles. The minimum atomic E-state index is -3.49. The Hall–Kier alpha value is -1.96. The molecule has 3 rings (SSSR count). The fourth-order valence-corrected chi connectivity index (χ4v) is 3.31. The summed E-state index contributed by atoms with van der Waals surface area (Å²) in [7, 11) is -3.49. The van der Waals surface area contributed by atoms with Crippen molar-refractivity contribution in [2.45, 2.75) is 18.1 Å². The summed E-state index contributed by atoms with van der Waals surface area (Å²) in [4.78, 5) is 10.3. The fraction of sp³-hybridized carbons (Fsp3) is 0.300. The van der Waals surface area contributed by atoms with E-state index in [0.29, 0.717) is 18.4 Å². The molecular formula is C10H9N3O4S. The van der Waals surface area contributed by atoms with Gasteiger partial charge in [-0.2, -0.15) is 9.19 Å². The molecule has 1 heterocycles. The molecule has 2 aromatic rings. The lowest BCUT2D eigenvalue weighted by atomic mass is 10.2. The summed E-state index contributed by atoms with van der Waals surface area (Å²) in [6.07, 6.45) is 2.47. The van der Waals surface area contributed by atoms with Gasteiger partial charge in [-0.25, -0.2) is 8.42 Å². The maximum absolute atomic E-state index is 12.0. The van der Waals surface area contributed by atoms with Crippen molar-refractivity contribution in [3.8, 4) is 0 Å². The van der Waals surface area contributed by atoms with Crippen molar-refractivity contribution in [3.05, 3.63) is 34.5 Å². The van der Waals surface area contributed by atoms with Crippen molar-refractivity contribution in [3.63, 3.8) is 0 Å². The monoisotopic (exact) mass is 267 g/mol. The summed E-state index contributed by atoms with van der Waals surface area (Å²) >= 11 is 0. The van der Waals surface area contributed by atoms with Crippen molar-refractivity contribution in [1.29, 1.82) is 0 Å². The Labute approximate surface area is 102 Å². The van der Waals surface area contributed by atoms with Gasteiger partial charge in [-0.15, -0.1) is 0 Å². The van der Waals surface area contributed by atoms with Crippen LogP contribution in [-0.4, -0.2) is 27.8 Å². The molecular weight excluding hydrogens is 258 g/mol. The molecule has 0 atom stereocenters. The summed E-state index contributed by atoms with van der Waals surface area (Å²) in [5.41, 5.74) is 0.179. The molecule has 0 unspecified atom stereocenters. The fourth-order valence-electron chi connectivity index (χ4n) is 1.81. The predicted octanol–water partition coefficient (Wildman–Crippen LogP) is 1.28. The highest BCUT2D eigenvalue weighted by molar-refractivity contribution is 7.90. The number of hydrogen-bond acceptors (Lipinski definition) is 5. The topological polar surface area (TPSA) is 95.1 Å². The lowest BCUT2D eigenvalue weighted by Gasteiger charge is -1.99.